The second-order valence-corrected chi connectivity index (χ2v) is 6.81. The van der Waals surface area contributed by atoms with Crippen LogP contribution < -0.4 is 0 Å². The van der Waals surface area contributed by atoms with Crippen LogP contribution in [-0.2, 0) is 11.3 Å². The molecule has 3 nitrogen and oxygen atoms in total. The van der Waals surface area contributed by atoms with Crippen molar-refractivity contribution in [2.75, 3.05) is 19.6 Å². The Balaban J connectivity index is 1.74. The molecule has 2 saturated heterocycles. The summed E-state index contributed by atoms with van der Waals surface area (Å²) in [7, 11) is 0. The SMILES string of the molecule is C=CCN1C(=O)CCCC12CCCN(Cc1ccc(F)cc1)C2. The van der Waals surface area contributed by atoms with Gasteiger partial charge in [-0.15, -0.1) is 6.58 Å². The maximum atomic E-state index is 13.1. The minimum atomic E-state index is -0.195. The molecule has 4 heteroatoms. The zero-order valence-corrected chi connectivity index (χ0v) is 13.6. The number of carbonyl (C=O) groups is 1. The predicted octanol–water partition coefficient (Wildman–Crippen LogP) is 3.36. The third-order valence-electron chi connectivity index (χ3n) is 5.17. The maximum absolute atomic E-state index is 13.1. The normalized spacial score (nSPS) is 25.8. The highest BCUT2D eigenvalue weighted by Crippen LogP contribution is 2.37. The van der Waals surface area contributed by atoms with Crippen LogP contribution in [0.25, 0.3) is 0 Å². The third-order valence-corrected chi connectivity index (χ3v) is 5.17. The number of benzene rings is 1. The van der Waals surface area contributed by atoms with E-state index in [1.54, 1.807) is 0 Å². The summed E-state index contributed by atoms with van der Waals surface area (Å²) >= 11 is 0. The van der Waals surface area contributed by atoms with Crippen molar-refractivity contribution in [2.45, 2.75) is 44.2 Å². The fraction of sp³-hybridized carbons (Fsp3) is 0.526. The van der Waals surface area contributed by atoms with E-state index in [2.05, 4.69) is 16.4 Å². The smallest absolute Gasteiger partial charge is 0.223 e. The van der Waals surface area contributed by atoms with Gasteiger partial charge in [-0.05, 0) is 49.9 Å². The summed E-state index contributed by atoms with van der Waals surface area (Å²) in [6.07, 6.45) is 6.73. The Kier molecular flexibility index (Phi) is 4.81. The van der Waals surface area contributed by atoms with Crippen molar-refractivity contribution in [2.24, 2.45) is 0 Å². The van der Waals surface area contributed by atoms with E-state index < -0.39 is 0 Å². The molecule has 3 rings (SSSR count). The van der Waals surface area contributed by atoms with Crippen LogP contribution in [0.2, 0.25) is 0 Å². The molecule has 1 aromatic rings. The Morgan fingerprint density at radius 1 is 1.22 bits per heavy atom. The van der Waals surface area contributed by atoms with Crippen LogP contribution in [0.5, 0.6) is 0 Å². The van der Waals surface area contributed by atoms with E-state index in [-0.39, 0.29) is 17.3 Å². The minimum absolute atomic E-state index is 0.0399. The van der Waals surface area contributed by atoms with Crippen LogP contribution in [0, 0.1) is 5.82 Å². The Morgan fingerprint density at radius 2 is 1.96 bits per heavy atom. The number of rotatable bonds is 4. The largest absolute Gasteiger partial charge is 0.332 e. The lowest BCUT2D eigenvalue weighted by Gasteiger charge is -2.52. The molecule has 1 unspecified atom stereocenters. The highest BCUT2D eigenvalue weighted by atomic mass is 19.1. The van der Waals surface area contributed by atoms with E-state index in [0.29, 0.717) is 13.0 Å². The zero-order chi connectivity index (χ0) is 16.3. The van der Waals surface area contributed by atoms with Crippen molar-refractivity contribution in [3.63, 3.8) is 0 Å². The maximum Gasteiger partial charge on any atom is 0.223 e. The van der Waals surface area contributed by atoms with Crippen molar-refractivity contribution in [3.8, 4) is 0 Å². The molecule has 23 heavy (non-hydrogen) atoms. The number of piperidine rings is 2. The first-order valence-electron chi connectivity index (χ1n) is 8.51. The summed E-state index contributed by atoms with van der Waals surface area (Å²) in [6, 6.07) is 6.74. The summed E-state index contributed by atoms with van der Waals surface area (Å²) < 4.78 is 13.1. The highest BCUT2D eigenvalue weighted by Gasteiger charge is 2.44. The lowest BCUT2D eigenvalue weighted by atomic mass is 9.79. The molecule has 2 heterocycles. The van der Waals surface area contributed by atoms with Gasteiger partial charge in [-0.1, -0.05) is 18.2 Å². The molecule has 2 fully saturated rings. The predicted molar refractivity (Wildman–Crippen MR) is 89.4 cm³/mol. The summed E-state index contributed by atoms with van der Waals surface area (Å²) in [5.74, 6) is 0.0682. The van der Waals surface area contributed by atoms with Crippen LogP contribution in [0.15, 0.2) is 36.9 Å². The van der Waals surface area contributed by atoms with E-state index >= 15 is 0 Å². The fourth-order valence-electron chi connectivity index (χ4n) is 4.14. The second-order valence-electron chi connectivity index (χ2n) is 6.81. The van der Waals surface area contributed by atoms with Crippen LogP contribution in [0.1, 0.15) is 37.7 Å². The number of nitrogens with zero attached hydrogens (tertiary/aromatic N) is 2. The minimum Gasteiger partial charge on any atom is -0.332 e. The summed E-state index contributed by atoms with van der Waals surface area (Å²) in [5, 5.41) is 0. The van der Waals surface area contributed by atoms with Gasteiger partial charge in [0.15, 0.2) is 0 Å². The lowest BCUT2D eigenvalue weighted by Crippen LogP contribution is -2.62. The van der Waals surface area contributed by atoms with Gasteiger partial charge in [0.1, 0.15) is 5.82 Å². The molecule has 0 N–H and O–H groups in total. The Morgan fingerprint density at radius 3 is 2.70 bits per heavy atom. The van der Waals surface area contributed by atoms with Gasteiger partial charge in [0.2, 0.25) is 5.91 Å². The molecule has 0 radical (unpaired) electrons. The molecule has 1 atom stereocenters. The Bertz CT molecular complexity index is 567. The molecule has 2 aliphatic heterocycles. The monoisotopic (exact) mass is 316 g/mol. The van der Waals surface area contributed by atoms with Crippen molar-refractivity contribution in [1.82, 2.24) is 9.80 Å². The number of halogens is 1. The molecular formula is C19H25FN2O. The molecule has 1 spiro atoms. The van der Waals surface area contributed by atoms with E-state index in [9.17, 15) is 9.18 Å². The van der Waals surface area contributed by atoms with Gasteiger partial charge in [-0.25, -0.2) is 4.39 Å². The van der Waals surface area contributed by atoms with Gasteiger partial charge < -0.3 is 4.90 Å². The molecule has 1 amide bonds. The summed E-state index contributed by atoms with van der Waals surface area (Å²) in [6.45, 7) is 7.22. The fourth-order valence-corrected chi connectivity index (χ4v) is 4.14. The number of likely N-dealkylation sites (tertiary alicyclic amines) is 2. The number of carbonyl (C=O) groups excluding carboxylic acids is 1. The van der Waals surface area contributed by atoms with Gasteiger partial charge in [-0.3, -0.25) is 9.69 Å². The van der Waals surface area contributed by atoms with Gasteiger partial charge in [0, 0.05) is 26.1 Å². The molecule has 0 aliphatic carbocycles. The van der Waals surface area contributed by atoms with Gasteiger partial charge in [0.25, 0.3) is 0 Å². The number of hydrogen-bond acceptors (Lipinski definition) is 2. The first-order chi connectivity index (χ1) is 11.1. The third kappa shape index (κ3) is 3.47. The van der Waals surface area contributed by atoms with Crippen LogP contribution in [0.4, 0.5) is 4.39 Å². The molecule has 0 bridgehead atoms. The van der Waals surface area contributed by atoms with Crippen molar-refractivity contribution >= 4 is 5.91 Å². The number of hydrogen-bond donors (Lipinski definition) is 0. The number of amides is 1. The van der Waals surface area contributed by atoms with Gasteiger partial charge in [0.05, 0.1) is 5.54 Å². The van der Waals surface area contributed by atoms with Crippen molar-refractivity contribution in [3.05, 3.63) is 48.3 Å². The van der Waals surface area contributed by atoms with Crippen LogP contribution >= 0.6 is 0 Å². The average molecular weight is 316 g/mol. The van der Waals surface area contributed by atoms with E-state index in [0.717, 1.165) is 50.9 Å². The zero-order valence-electron chi connectivity index (χ0n) is 13.6. The summed E-state index contributed by atoms with van der Waals surface area (Å²) in [5.41, 5.74) is 1.09. The van der Waals surface area contributed by atoms with Gasteiger partial charge in [-0.2, -0.15) is 0 Å². The summed E-state index contributed by atoms with van der Waals surface area (Å²) in [4.78, 5) is 16.8. The lowest BCUT2D eigenvalue weighted by molar-refractivity contribution is -0.144. The van der Waals surface area contributed by atoms with Crippen molar-refractivity contribution in [1.29, 1.82) is 0 Å². The molecule has 124 valence electrons. The van der Waals surface area contributed by atoms with E-state index in [1.165, 1.54) is 12.1 Å². The first kappa shape index (κ1) is 16.2. The Hall–Kier alpha value is -1.68. The van der Waals surface area contributed by atoms with Gasteiger partial charge >= 0.3 is 0 Å². The highest BCUT2D eigenvalue weighted by molar-refractivity contribution is 5.78. The standard InChI is InChI=1S/C19H25FN2O/c1-2-12-22-18(23)5-3-10-19(22)11-4-13-21(15-19)14-16-6-8-17(20)9-7-16/h2,6-9H,1,3-5,10-15H2. The Labute approximate surface area is 137 Å². The first-order valence-corrected chi connectivity index (χ1v) is 8.51. The molecular weight excluding hydrogens is 291 g/mol. The van der Waals surface area contributed by atoms with Crippen LogP contribution in [0.3, 0.4) is 0 Å². The quantitative estimate of drug-likeness (QED) is 0.795. The second kappa shape index (κ2) is 6.83. The topological polar surface area (TPSA) is 23.6 Å². The molecule has 2 aliphatic rings. The molecule has 0 saturated carbocycles. The van der Waals surface area contributed by atoms with Crippen LogP contribution in [-0.4, -0.2) is 40.9 Å². The molecule has 0 aromatic heterocycles. The van der Waals surface area contributed by atoms with Crippen molar-refractivity contribution < 1.29 is 9.18 Å². The average Bonchev–Trinajstić information content (AvgIpc) is 2.54. The van der Waals surface area contributed by atoms with E-state index in [1.807, 2.05) is 18.2 Å². The van der Waals surface area contributed by atoms with E-state index in [4.69, 9.17) is 0 Å². The molecule has 1 aromatic carbocycles.